The predicted octanol–water partition coefficient (Wildman–Crippen LogP) is 4.42. The maximum Gasteiger partial charge on any atom is 0.408 e. The van der Waals surface area contributed by atoms with Crippen molar-refractivity contribution in [3.63, 3.8) is 0 Å². The van der Waals surface area contributed by atoms with Gasteiger partial charge in [-0.1, -0.05) is 42.5 Å². The molecule has 38 heavy (non-hydrogen) atoms. The predicted molar refractivity (Wildman–Crippen MR) is 146 cm³/mol. The fourth-order valence-electron chi connectivity index (χ4n) is 4.24. The first-order valence-corrected chi connectivity index (χ1v) is 12.4. The molecule has 9 heteroatoms. The second-order valence-electron chi connectivity index (χ2n) is 9.15. The number of nitrogens with one attached hydrogen (secondary N) is 3. The molecule has 0 fully saturated rings. The maximum atomic E-state index is 13.0. The molecule has 4 aromatic rings. The summed E-state index contributed by atoms with van der Waals surface area (Å²) >= 11 is 0. The molecule has 0 bridgehead atoms. The third-order valence-corrected chi connectivity index (χ3v) is 6.47. The van der Waals surface area contributed by atoms with Crippen LogP contribution in [0, 0.1) is 27.7 Å². The van der Waals surface area contributed by atoms with E-state index < -0.39 is 18.0 Å². The highest BCUT2D eigenvalue weighted by Gasteiger charge is 2.23. The zero-order valence-corrected chi connectivity index (χ0v) is 22.0. The highest BCUT2D eigenvalue weighted by molar-refractivity contribution is 5.88. The minimum absolute atomic E-state index is 0.0965. The zero-order valence-electron chi connectivity index (χ0n) is 22.0. The second-order valence-corrected chi connectivity index (χ2v) is 9.15. The molecule has 1 atom stereocenters. The summed E-state index contributed by atoms with van der Waals surface area (Å²) in [6.07, 6.45) is 4.23. The standard InChI is InChI=1S/C29H32N6O3/c1-19-9-8-12-27(21(19)3)35-20(2)13-24(22(35)4)15-32-34-28(36)26(14-25-16-30-18-31-25)33-29(37)38-17-23-10-6-5-7-11-23/h5-13,15-16,18,26H,14,17H2,1-4H3,(H,30,31)(H,33,37)(H,34,36)/b32-15-/t26-/m1/s1. The van der Waals surface area contributed by atoms with Crippen LogP contribution in [0.1, 0.15) is 39.3 Å². The number of alkyl carbamates (subject to hydrolysis) is 1. The molecule has 0 spiro atoms. The van der Waals surface area contributed by atoms with Crippen molar-refractivity contribution in [2.24, 2.45) is 5.10 Å². The van der Waals surface area contributed by atoms with Gasteiger partial charge in [0, 0.05) is 41.0 Å². The van der Waals surface area contributed by atoms with Crippen molar-refractivity contribution in [1.29, 1.82) is 0 Å². The minimum atomic E-state index is -0.918. The molecule has 0 aliphatic heterocycles. The van der Waals surface area contributed by atoms with Crippen molar-refractivity contribution in [2.75, 3.05) is 0 Å². The molecule has 0 unspecified atom stereocenters. The molecule has 0 radical (unpaired) electrons. The monoisotopic (exact) mass is 512 g/mol. The number of rotatable bonds is 9. The van der Waals surface area contributed by atoms with E-state index in [9.17, 15) is 9.59 Å². The van der Waals surface area contributed by atoms with Crippen molar-refractivity contribution in [3.8, 4) is 5.69 Å². The number of H-pyrrole nitrogens is 1. The molecule has 0 aliphatic rings. The van der Waals surface area contributed by atoms with Gasteiger partial charge in [-0.15, -0.1) is 0 Å². The normalized spacial score (nSPS) is 11.9. The Balaban J connectivity index is 1.44. The first-order chi connectivity index (χ1) is 18.3. The average Bonchev–Trinajstić information content (AvgIpc) is 3.52. The largest absolute Gasteiger partial charge is 0.445 e. The summed E-state index contributed by atoms with van der Waals surface area (Å²) in [6.45, 7) is 8.35. The molecule has 2 aromatic carbocycles. The van der Waals surface area contributed by atoms with Gasteiger partial charge in [0.15, 0.2) is 0 Å². The Bertz CT molecular complexity index is 1420. The molecule has 196 valence electrons. The van der Waals surface area contributed by atoms with Crippen LogP contribution in [0.3, 0.4) is 0 Å². The lowest BCUT2D eigenvalue weighted by atomic mass is 10.1. The molecule has 2 amide bonds. The highest BCUT2D eigenvalue weighted by Crippen LogP contribution is 2.24. The first-order valence-electron chi connectivity index (χ1n) is 12.4. The van der Waals surface area contributed by atoms with Crippen molar-refractivity contribution in [1.82, 2.24) is 25.3 Å². The lowest BCUT2D eigenvalue weighted by Crippen LogP contribution is -2.47. The Morgan fingerprint density at radius 3 is 2.63 bits per heavy atom. The van der Waals surface area contributed by atoms with E-state index in [2.05, 4.69) is 56.4 Å². The number of ether oxygens (including phenoxy) is 1. The van der Waals surface area contributed by atoms with Gasteiger partial charge in [-0.05, 0) is 56.5 Å². The minimum Gasteiger partial charge on any atom is -0.445 e. The summed E-state index contributed by atoms with van der Waals surface area (Å²) in [7, 11) is 0. The zero-order chi connectivity index (χ0) is 27.1. The van der Waals surface area contributed by atoms with Gasteiger partial charge >= 0.3 is 6.09 Å². The van der Waals surface area contributed by atoms with Crippen molar-refractivity contribution >= 4 is 18.2 Å². The van der Waals surface area contributed by atoms with Crippen LogP contribution in [0.2, 0.25) is 0 Å². The Morgan fingerprint density at radius 2 is 1.89 bits per heavy atom. The summed E-state index contributed by atoms with van der Waals surface area (Å²) in [5.74, 6) is -0.476. The van der Waals surface area contributed by atoms with E-state index in [1.807, 2.05) is 56.3 Å². The molecule has 9 nitrogen and oxygen atoms in total. The van der Waals surface area contributed by atoms with E-state index in [0.29, 0.717) is 5.69 Å². The van der Waals surface area contributed by atoms with E-state index in [0.717, 1.165) is 28.2 Å². The van der Waals surface area contributed by atoms with E-state index in [1.54, 1.807) is 12.4 Å². The van der Waals surface area contributed by atoms with Crippen molar-refractivity contribution in [3.05, 3.63) is 106 Å². The van der Waals surface area contributed by atoms with Crippen LogP contribution in [-0.2, 0) is 22.6 Å². The molecule has 0 saturated carbocycles. The summed E-state index contributed by atoms with van der Waals surface area (Å²) in [5.41, 5.74) is 10.6. The number of nitrogens with zero attached hydrogens (tertiary/aromatic N) is 3. The van der Waals surface area contributed by atoms with E-state index in [-0.39, 0.29) is 13.0 Å². The molecule has 2 aromatic heterocycles. The third kappa shape index (κ3) is 6.36. The van der Waals surface area contributed by atoms with Gasteiger partial charge in [-0.3, -0.25) is 4.79 Å². The summed E-state index contributed by atoms with van der Waals surface area (Å²) in [6, 6.07) is 16.7. The lowest BCUT2D eigenvalue weighted by molar-refractivity contribution is -0.123. The van der Waals surface area contributed by atoms with Crippen molar-refractivity contribution in [2.45, 2.75) is 46.8 Å². The van der Waals surface area contributed by atoms with Gasteiger partial charge in [-0.2, -0.15) is 5.10 Å². The van der Waals surface area contributed by atoms with Crippen LogP contribution < -0.4 is 10.7 Å². The quantitative estimate of drug-likeness (QED) is 0.228. The van der Waals surface area contributed by atoms with Gasteiger partial charge < -0.3 is 19.6 Å². The molecule has 0 aliphatic carbocycles. The number of carbonyl (C=O) groups is 2. The number of imidazole rings is 1. The number of hydrazone groups is 1. The average molecular weight is 513 g/mol. The Kier molecular flexibility index (Phi) is 8.37. The number of amides is 2. The number of benzene rings is 2. The third-order valence-electron chi connectivity index (χ3n) is 6.47. The molecule has 2 heterocycles. The Morgan fingerprint density at radius 1 is 1.11 bits per heavy atom. The summed E-state index contributed by atoms with van der Waals surface area (Å²) in [5, 5.41) is 6.82. The van der Waals surface area contributed by atoms with Gasteiger partial charge in [0.1, 0.15) is 12.6 Å². The van der Waals surface area contributed by atoms with Crippen LogP contribution in [0.15, 0.2) is 72.2 Å². The second kappa shape index (κ2) is 12.1. The van der Waals surface area contributed by atoms with Crippen LogP contribution in [-0.4, -0.2) is 38.8 Å². The first kappa shape index (κ1) is 26.4. The number of hydrogen-bond acceptors (Lipinski definition) is 5. The smallest absolute Gasteiger partial charge is 0.408 e. The van der Waals surface area contributed by atoms with Crippen molar-refractivity contribution < 1.29 is 14.3 Å². The highest BCUT2D eigenvalue weighted by atomic mass is 16.5. The molecule has 0 saturated heterocycles. The fraction of sp³-hybridized carbons (Fsp3) is 0.241. The fourth-order valence-corrected chi connectivity index (χ4v) is 4.24. The molecule has 3 N–H and O–H groups in total. The van der Waals surface area contributed by atoms with Gasteiger partial charge in [0.05, 0.1) is 12.5 Å². The Hall–Kier alpha value is -4.66. The van der Waals surface area contributed by atoms with Gasteiger partial charge in [-0.25, -0.2) is 15.2 Å². The van der Waals surface area contributed by atoms with Crippen LogP contribution in [0.5, 0.6) is 0 Å². The van der Waals surface area contributed by atoms with Crippen LogP contribution >= 0.6 is 0 Å². The summed E-state index contributed by atoms with van der Waals surface area (Å²) in [4.78, 5) is 32.4. The number of carbonyl (C=O) groups excluding carboxylic acids is 2. The molecular formula is C29H32N6O3. The molecule has 4 rings (SSSR count). The van der Waals surface area contributed by atoms with E-state index in [4.69, 9.17) is 4.74 Å². The topological polar surface area (TPSA) is 113 Å². The number of aryl methyl sites for hydroxylation is 2. The number of hydrogen-bond donors (Lipinski definition) is 3. The molecular weight excluding hydrogens is 480 g/mol. The van der Waals surface area contributed by atoms with Gasteiger partial charge in [0.2, 0.25) is 0 Å². The summed E-state index contributed by atoms with van der Waals surface area (Å²) < 4.78 is 7.47. The number of aromatic nitrogens is 3. The number of aromatic amines is 1. The van der Waals surface area contributed by atoms with Crippen LogP contribution in [0.25, 0.3) is 5.69 Å². The maximum absolute atomic E-state index is 13.0. The Labute approximate surface area is 222 Å². The van der Waals surface area contributed by atoms with E-state index >= 15 is 0 Å². The van der Waals surface area contributed by atoms with Gasteiger partial charge in [0.25, 0.3) is 5.91 Å². The van der Waals surface area contributed by atoms with Crippen LogP contribution in [0.4, 0.5) is 4.79 Å². The SMILES string of the molecule is Cc1cccc(-n2c(C)cc(/C=N\NC(=O)[C@@H](Cc3cnc[nH]3)NC(=O)OCc3ccccc3)c2C)c1C. The lowest BCUT2D eigenvalue weighted by Gasteiger charge is -2.16. The van der Waals surface area contributed by atoms with E-state index in [1.165, 1.54) is 17.5 Å².